The summed E-state index contributed by atoms with van der Waals surface area (Å²) in [5.41, 5.74) is 1.38. The van der Waals surface area contributed by atoms with E-state index in [2.05, 4.69) is 10.6 Å². The van der Waals surface area contributed by atoms with Crippen LogP contribution in [-0.4, -0.2) is 12.5 Å². The summed E-state index contributed by atoms with van der Waals surface area (Å²) in [5, 5.41) is 16.1. The molecule has 0 radical (unpaired) electrons. The molecule has 2 rings (SSSR count). The van der Waals surface area contributed by atoms with E-state index in [1.165, 1.54) is 12.3 Å². The van der Waals surface area contributed by atoms with Crippen LogP contribution in [-0.2, 0) is 11.2 Å². The highest BCUT2D eigenvalue weighted by Gasteiger charge is 2.11. The molecule has 0 spiro atoms. The quantitative estimate of drug-likeness (QED) is 0.419. The Morgan fingerprint density at radius 2 is 1.76 bits per heavy atom. The summed E-state index contributed by atoms with van der Waals surface area (Å²) in [6.45, 7) is 0.567. The van der Waals surface area contributed by atoms with Crippen molar-refractivity contribution in [3.05, 3.63) is 74.9 Å². The Morgan fingerprint density at radius 3 is 2.44 bits per heavy atom. The Hall–Kier alpha value is -2.19. The van der Waals surface area contributed by atoms with E-state index in [0.717, 1.165) is 12.0 Å². The number of rotatable bonds is 6. The number of hydrogen-bond donors (Lipinski definition) is 2. The fraction of sp³-hybridized carbons (Fsp3) is 0.111. The van der Waals surface area contributed by atoms with E-state index in [1.807, 2.05) is 30.3 Å². The van der Waals surface area contributed by atoms with Gasteiger partial charge in [-0.15, -0.1) is 0 Å². The minimum Gasteiger partial charge on any atom is -0.389 e. The average molecular weight is 395 g/mol. The largest absolute Gasteiger partial charge is 0.389 e. The molecule has 0 fully saturated rings. The van der Waals surface area contributed by atoms with Crippen molar-refractivity contribution in [2.75, 3.05) is 11.9 Å². The van der Waals surface area contributed by atoms with Gasteiger partial charge in [0.2, 0.25) is 0 Å². The summed E-state index contributed by atoms with van der Waals surface area (Å²) in [7, 11) is 0. The van der Waals surface area contributed by atoms with Gasteiger partial charge in [0, 0.05) is 22.8 Å². The van der Waals surface area contributed by atoms with Crippen LogP contribution >= 0.6 is 34.8 Å². The van der Waals surface area contributed by atoms with E-state index in [4.69, 9.17) is 40.1 Å². The highest BCUT2D eigenvalue weighted by atomic mass is 35.5. The van der Waals surface area contributed by atoms with Crippen LogP contribution in [0.4, 0.5) is 5.69 Å². The minimum absolute atomic E-state index is 0.0628. The molecule has 0 aliphatic carbocycles. The van der Waals surface area contributed by atoms with E-state index >= 15 is 0 Å². The van der Waals surface area contributed by atoms with Crippen LogP contribution in [0.2, 0.25) is 15.1 Å². The second-order valence-corrected chi connectivity index (χ2v) is 6.36. The summed E-state index contributed by atoms with van der Waals surface area (Å²) in [5.74, 6) is -0.564. The normalized spacial score (nSPS) is 10.9. The van der Waals surface area contributed by atoms with Crippen LogP contribution in [0.5, 0.6) is 0 Å². The maximum Gasteiger partial charge on any atom is 0.267 e. The molecule has 0 heterocycles. The summed E-state index contributed by atoms with van der Waals surface area (Å²) < 4.78 is 0. The zero-order valence-corrected chi connectivity index (χ0v) is 15.3. The van der Waals surface area contributed by atoms with Crippen LogP contribution in [0.25, 0.3) is 0 Å². The lowest BCUT2D eigenvalue weighted by Crippen LogP contribution is -2.18. The van der Waals surface area contributed by atoms with Gasteiger partial charge in [0.05, 0.1) is 10.7 Å². The first-order valence-corrected chi connectivity index (χ1v) is 8.47. The number of nitrogens with one attached hydrogen (secondary N) is 2. The SMILES string of the molecule is N#C/C(=C/NCCc1ccc(Cl)cc1)C(=O)Nc1cc(Cl)ccc1Cl. The second kappa shape index (κ2) is 9.33. The highest BCUT2D eigenvalue weighted by Crippen LogP contribution is 2.25. The van der Waals surface area contributed by atoms with Crippen molar-refractivity contribution in [1.82, 2.24) is 5.32 Å². The molecule has 0 aliphatic heterocycles. The number of nitriles is 1. The lowest BCUT2D eigenvalue weighted by atomic mass is 10.1. The van der Waals surface area contributed by atoms with Crippen LogP contribution in [0.3, 0.4) is 0 Å². The highest BCUT2D eigenvalue weighted by molar-refractivity contribution is 6.36. The Kier molecular flexibility index (Phi) is 7.15. The maximum absolute atomic E-state index is 12.2. The molecule has 7 heteroatoms. The summed E-state index contributed by atoms with van der Waals surface area (Å²) >= 11 is 17.7. The first-order chi connectivity index (χ1) is 12.0. The predicted molar refractivity (Wildman–Crippen MR) is 102 cm³/mol. The number of carbonyl (C=O) groups is 1. The summed E-state index contributed by atoms with van der Waals surface area (Å²) in [6, 6.07) is 14.0. The lowest BCUT2D eigenvalue weighted by molar-refractivity contribution is -0.112. The van der Waals surface area contributed by atoms with Crippen molar-refractivity contribution >= 4 is 46.4 Å². The number of anilines is 1. The Labute approximate surface area is 161 Å². The number of halogens is 3. The zero-order valence-electron chi connectivity index (χ0n) is 13.0. The molecule has 0 atom stereocenters. The maximum atomic E-state index is 12.2. The Balaban J connectivity index is 1.92. The van der Waals surface area contributed by atoms with Gasteiger partial charge >= 0.3 is 0 Å². The van der Waals surface area contributed by atoms with Gasteiger partial charge in [-0.25, -0.2) is 0 Å². The van der Waals surface area contributed by atoms with Crippen molar-refractivity contribution in [2.24, 2.45) is 0 Å². The number of hydrogen-bond acceptors (Lipinski definition) is 3. The van der Waals surface area contributed by atoms with E-state index in [9.17, 15) is 4.79 Å². The van der Waals surface area contributed by atoms with Crippen molar-refractivity contribution in [2.45, 2.75) is 6.42 Å². The van der Waals surface area contributed by atoms with Crippen molar-refractivity contribution in [3.63, 3.8) is 0 Å². The van der Waals surface area contributed by atoms with Crippen molar-refractivity contribution in [1.29, 1.82) is 5.26 Å². The third-order valence-corrected chi connectivity index (χ3v) is 4.08. The van der Waals surface area contributed by atoms with Gasteiger partial charge in [0.15, 0.2) is 0 Å². The van der Waals surface area contributed by atoms with Gasteiger partial charge in [-0.05, 0) is 42.3 Å². The van der Waals surface area contributed by atoms with Crippen molar-refractivity contribution < 1.29 is 4.79 Å². The molecule has 0 aromatic heterocycles. The molecule has 0 saturated heterocycles. The molecular weight excluding hydrogens is 381 g/mol. The fourth-order valence-electron chi connectivity index (χ4n) is 1.97. The van der Waals surface area contributed by atoms with Crippen molar-refractivity contribution in [3.8, 4) is 6.07 Å². The van der Waals surface area contributed by atoms with Gasteiger partial charge in [-0.1, -0.05) is 46.9 Å². The van der Waals surface area contributed by atoms with Gasteiger partial charge in [-0.3, -0.25) is 4.79 Å². The lowest BCUT2D eigenvalue weighted by Gasteiger charge is -2.07. The van der Waals surface area contributed by atoms with E-state index in [1.54, 1.807) is 12.1 Å². The average Bonchev–Trinajstić information content (AvgIpc) is 2.59. The first-order valence-electron chi connectivity index (χ1n) is 7.34. The van der Waals surface area contributed by atoms with Gasteiger partial charge in [0.1, 0.15) is 11.6 Å². The number of benzene rings is 2. The van der Waals surface area contributed by atoms with Crippen LogP contribution in [0.1, 0.15) is 5.56 Å². The standard InChI is InChI=1S/C18H14Cl3N3O/c19-14-3-1-12(2-4-14)7-8-23-11-13(10-22)18(25)24-17-9-15(20)5-6-16(17)21/h1-6,9,11,23H,7-8H2,(H,24,25)/b13-11-. The zero-order chi connectivity index (χ0) is 18.2. The Morgan fingerprint density at radius 1 is 1.08 bits per heavy atom. The predicted octanol–water partition coefficient (Wildman–Crippen LogP) is 4.83. The number of carbonyl (C=O) groups excluding carboxylic acids is 1. The molecule has 0 unspecified atom stereocenters. The Bertz CT molecular complexity index is 826. The molecule has 2 aromatic rings. The molecule has 0 aliphatic rings. The molecule has 1 amide bonds. The summed E-state index contributed by atoms with van der Waals surface area (Å²) in [4.78, 5) is 12.2. The van der Waals surface area contributed by atoms with Crippen LogP contribution in [0, 0.1) is 11.3 Å². The summed E-state index contributed by atoms with van der Waals surface area (Å²) in [6.07, 6.45) is 2.11. The minimum atomic E-state index is -0.564. The molecule has 2 aromatic carbocycles. The van der Waals surface area contributed by atoms with E-state index < -0.39 is 5.91 Å². The molecule has 128 valence electrons. The molecule has 0 saturated carbocycles. The topological polar surface area (TPSA) is 64.9 Å². The number of nitrogens with zero attached hydrogens (tertiary/aromatic N) is 1. The molecular formula is C18H14Cl3N3O. The molecule has 0 bridgehead atoms. The molecule has 4 nitrogen and oxygen atoms in total. The number of amides is 1. The van der Waals surface area contributed by atoms with Gasteiger partial charge < -0.3 is 10.6 Å². The van der Waals surface area contributed by atoms with E-state index in [0.29, 0.717) is 27.3 Å². The van der Waals surface area contributed by atoms with Gasteiger partial charge in [0.25, 0.3) is 5.91 Å². The van der Waals surface area contributed by atoms with Crippen LogP contribution in [0.15, 0.2) is 54.2 Å². The molecule has 25 heavy (non-hydrogen) atoms. The third kappa shape index (κ3) is 5.99. The van der Waals surface area contributed by atoms with E-state index in [-0.39, 0.29) is 5.57 Å². The fourth-order valence-corrected chi connectivity index (χ4v) is 2.44. The molecule has 2 N–H and O–H groups in total. The smallest absolute Gasteiger partial charge is 0.267 e. The second-order valence-electron chi connectivity index (χ2n) is 5.08. The van der Waals surface area contributed by atoms with Gasteiger partial charge in [-0.2, -0.15) is 5.26 Å². The third-order valence-electron chi connectivity index (χ3n) is 3.26. The van der Waals surface area contributed by atoms with Crippen LogP contribution < -0.4 is 10.6 Å². The monoisotopic (exact) mass is 393 g/mol. The first kappa shape index (κ1) is 19.1.